The van der Waals surface area contributed by atoms with Crippen molar-refractivity contribution in [3.63, 3.8) is 0 Å². The molecule has 0 saturated heterocycles. The molecule has 0 spiro atoms. The molecule has 2 N–H and O–H groups in total. The second-order valence-corrected chi connectivity index (χ2v) is 7.19. The molecule has 0 fully saturated rings. The van der Waals surface area contributed by atoms with Gasteiger partial charge in [0.25, 0.3) is 5.91 Å². The number of thiazole rings is 1. The first-order valence-corrected chi connectivity index (χ1v) is 8.56. The van der Waals surface area contributed by atoms with E-state index in [2.05, 4.69) is 15.6 Å². The van der Waals surface area contributed by atoms with Crippen molar-refractivity contribution in [2.75, 3.05) is 12.4 Å². The zero-order valence-electron chi connectivity index (χ0n) is 14.6. The van der Waals surface area contributed by atoms with Crippen molar-refractivity contribution in [1.82, 2.24) is 10.3 Å². The van der Waals surface area contributed by atoms with Crippen LogP contribution >= 0.6 is 11.3 Å². The van der Waals surface area contributed by atoms with Crippen LogP contribution in [0.3, 0.4) is 0 Å². The van der Waals surface area contributed by atoms with E-state index in [4.69, 9.17) is 4.74 Å². The van der Waals surface area contributed by atoms with Crippen molar-refractivity contribution < 1.29 is 14.3 Å². The standard InChI is InChI=1S/C18H21N3O3S/c1-18(2,3)16(23)20-13(15(22)21-17-19-9-10-25-17)11-12-7-5-6-8-14(12)24-4/h5-11H,1-4H3,(H,20,23)(H,19,21,22)/b13-11+. The zero-order valence-corrected chi connectivity index (χ0v) is 15.4. The van der Waals surface area contributed by atoms with Crippen LogP contribution in [0.1, 0.15) is 26.3 Å². The largest absolute Gasteiger partial charge is 0.496 e. The van der Waals surface area contributed by atoms with Gasteiger partial charge in [-0.15, -0.1) is 11.3 Å². The number of methoxy groups -OCH3 is 1. The smallest absolute Gasteiger partial charge is 0.273 e. The predicted molar refractivity (Wildman–Crippen MR) is 99.3 cm³/mol. The Morgan fingerprint density at radius 3 is 2.56 bits per heavy atom. The summed E-state index contributed by atoms with van der Waals surface area (Å²) in [5.41, 5.74) is 0.171. The Morgan fingerprint density at radius 2 is 1.96 bits per heavy atom. The maximum atomic E-state index is 12.6. The lowest BCUT2D eigenvalue weighted by atomic mass is 9.95. The monoisotopic (exact) mass is 359 g/mol. The van der Waals surface area contributed by atoms with Gasteiger partial charge in [0.05, 0.1) is 7.11 Å². The third kappa shape index (κ3) is 5.15. The molecule has 1 aromatic heterocycles. The van der Waals surface area contributed by atoms with Crippen LogP contribution in [-0.2, 0) is 9.59 Å². The normalized spacial score (nSPS) is 11.8. The molecule has 0 saturated carbocycles. The number of amides is 2. The number of anilines is 1. The minimum atomic E-state index is -0.638. The van der Waals surface area contributed by atoms with Crippen molar-refractivity contribution in [2.45, 2.75) is 20.8 Å². The minimum Gasteiger partial charge on any atom is -0.496 e. The molecule has 7 heteroatoms. The van der Waals surface area contributed by atoms with Gasteiger partial charge in [0.15, 0.2) is 5.13 Å². The van der Waals surface area contributed by atoms with Gasteiger partial charge in [-0.2, -0.15) is 0 Å². The molecule has 2 rings (SSSR count). The fraction of sp³-hybridized carbons (Fsp3) is 0.278. The van der Waals surface area contributed by atoms with Crippen LogP contribution < -0.4 is 15.4 Å². The summed E-state index contributed by atoms with van der Waals surface area (Å²) in [5, 5.41) is 7.60. The van der Waals surface area contributed by atoms with Crippen molar-refractivity contribution in [1.29, 1.82) is 0 Å². The number of aromatic nitrogens is 1. The Balaban J connectivity index is 2.35. The lowest BCUT2D eigenvalue weighted by Gasteiger charge is -2.19. The number of hydrogen-bond acceptors (Lipinski definition) is 5. The zero-order chi connectivity index (χ0) is 18.4. The van der Waals surface area contributed by atoms with E-state index in [0.29, 0.717) is 16.4 Å². The van der Waals surface area contributed by atoms with Crippen molar-refractivity contribution in [3.8, 4) is 5.75 Å². The molecular formula is C18H21N3O3S. The van der Waals surface area contributed by atoms with Gasteiger partial charge in [-0.3, -0.25) is 14.9 Å². The molecule has 6 nitrogen and oxygen atoms in total. The van der Waals surface area contributed by atoms with E-state index in [1.807, 2.05) is 12.1 Å². The molecule has 0 atom stereocenters. The minimum absolute atomic E-state index is 0.125. The Labute approximate surface area is 150 Å². The molecule has 0 aliphatic heterocycles. The number of ether oxygens (including phenoxy) is 1. The van der Waals surface area contributed by atoms with Gasteiger partial charge in [0.2, 0.25) is 5.91 Å². The van der Waals surface area contributed by atoms with Crippen LogP contribution in [-0.4, -0.2) is 23.9 Å². The van der Waals surface area contributed by atoms with Gasteiger partial charge < -0.3 is 10.1 Å². The summed E-state index contributed by atoms with van der Waals surface area (Å²) in [4.78, 5) is 29.0. The second-order valence-electron chi connectivity index (χ2n) is 6.30. The van der Waals surface area contributed by atoms with Crippen molar-refractivity contribution in [3.05, 3.63) is 47.1 Å². The average Bonchev–Trinajstić information content (AvgIpc) is 3.06. The maximum Gasteiger partial charge on any atom is 0.273 e. The highest BCUT2D eigenvalue weighted by Crippen LogP contribution is 2.22. The Hall–Kier alpha value is -2.67. The fourth-order valence-corrected chi connectivity index (χ4v) is 2.38. The molecule has 0 unspecified atom stereocenters. The van der Waals surface area contributed by atoms with Gasteiger partial charge in [-0.05, 0) is 12.1 Å². The first kappa shape index (κ1) is 18.7. The molecule has 0 bridgehead atoms. The van der Waals surface area contributed by atoms with Crippen molar-refractivity contribution in [2.24, 2.45) is 5.41 Å². The van der Waals surface area contributed by atoms with E-state index in [1.165, 1.54) is 11.3 Å². The average molecular weight is 359 g/mol. The Kier molecular flexibility index (Phi) is 5.93. The van der Waals surface area contributed by atoms with Crippen molar-refractivity contribution >= 4 is 34.4 Å². The first-order chi connectivity index (χ1) is 11.8. The summed E-state index contributed by atoms with van der Waals surface area (Å²) in [6, 6.07) is 7.25. The fourth-order valence-electron chi connectivity index (χ4n) is 1.86. The van der Waals surface area contributed by atoms with Gasteiger partial charge >= 0.3 is 0 Å². The molecule has 0 aliphatic carbocycles. The molecule has 25 heavy (non-hydrogen) atoms. The highest BCUT2D eigenvalue weighted by molar-refractivity contribution is 7.13. The van der Waals surface area contributed by atoms with Crippen LogP contribution in [0, 0.1) is 5.41 Å². The third-order valence-electron chi connectivity index (χ3n) is 3.27. The third-order valence-corrected chi connectivity index (χ3v) is 3.95. The first-order valence-electron chi connectivity index (χ1n) is 7.68. The van der Waals surface area contributed by atoms with Crippen LogP contribution in [0.4, 0.5) is 5.13 Å². The van der Waals surface area contributed by atoms with E-state index in [0.717, 1.165) is 0 Å². The topological polar surface area (TPSA) is 80.3 Å². The summed E-state index contributed by atoms with van der Waals surface area (Å²) in [7, 11) is 1.55. The number of carbonyl (C=O) groups excluding carboxylic acids is 2. The summed E-state index contributed by atoms with van der Waals surface area (Å²) >= 11 is 1.30. The van der Waals surface area contributed by atoms with Gasteiger partial charge in [0.1, 0.15) is 11.4 Å². The highest BCUT2D eigenvalue weighted by atomic mass is 32.1. The highest BCUT2D eigenvalue weighted by Gasteiger charge is 2.24. The Morgan fingerprint density at radius 1 is 1.24 bits per heavy atom. The number of rotatable bonds is 5. The number of nitrogens with one attached hydrogen (secondary N) is 2. The molecule has 2 amide bonds. The van der Waals surface area contributed by atoms with Crippen LogP contribution in [0.2, 0.25) is 0 Å². The van der Waals surface area contributed by atoms with E-state index >= 15 is 0 Å². The number of benzene rings is 1. The molecule has 1 heterocycles. The number of para-hydroxylation sites is 1. The number of hydrogen-bond donors (Lipinski definition) is 2. The molecule has 132 valence electrons. The van der Waals surface area contributed by atoms with E-state index in [1.54, 1.807) is 57.7 Å². The number of carbonyl (C=O) groups is 2. The molecular weight excluding hydrogens is 338 g/mol. The molecule has 1 aromatic carbocycles. The van der Waals surface area contributed by atoms with Gasteiger partial charge in [-0.1, -0.05) is 39.0 Å². The lowest BCUT2D eigenvalue weighted by Crippen LogP contribution is -2.38. The predicted octanol–water partition coefficient (Wildman–Crippen LogP) is 3.29. The quantitative estimate of drug-likeness (QED) is 0.803. The maximum absolute atomic E-state index is 12.6. The van der Waals surface area contributed by atoms with Gasteiger partial charge in [0, 0.05) is 22.6 Å². The van der Waals surface area contributed by atoms with Crippen LogP contribution in [0.5, 0.6) is 5.75 Å². The summed E-state index contributed by atoms with van der Waals surface area (Å²) in [6.07, 6.45) is 3.18. The molecule has 0 aliphatic rings. The number of nitrogens with zero attached hydrogens (tertiary/aromatic N) is 1. The second kappa shape index (κ2) is 7.94. The summed E-state index contributed by atoms with van der Waals surface area (Å²) < 4.78 is 5.30. The van der Waals surface area contributed by atoms with E-state index in [-0.39, 0.29) is 11.6 Å². The van der Waals surface area contributed by atoms with Crippen LogP contribution in [0.25, 0.3) is 6.08 Å². The molecule has 0 radical (unpaired) electrons. The van der Waals surface area contributed by atoms with Crippen LogP contribution in [0.15, 0.2) is 41.5 Å². The van der Waals surface area contributed by atoms with Gasteiger partial charge in [-0.25, -0.2) is 4.98 Å². The van der Waals surface area contributed by atoms with E-state index in [9.17, 15) is 9.59 Å². The molecule has 2 aromatic rings. The Bertz CT molecular complexity index is 777. The SMILES string of the molecule is COc1ccccc1/C=C(/NC(=O)C(C)(C)C)C(=O)Nc1nccs1. The summed E-state index contributed by atoms with van der Waals surface area (Å²) in [5.74, 6) is -0.103. The van der Waals surface area contributed by atoms with E-state index < -0.39 is 11.3 Å². The summed E-state index contributed by atoms with van der Waals surface area (Å²) in [6.45, 7) is 5.34. The lowest BCUT2D eigenvalue weighted by molar-refractivity contribution is -0.128.